The SMILES string of the molecule is Cc1cc(F)c(Cl)c2c1cc(C)n2CCN. The second-order valence-electron chi connectivity index (χ2n) is 3.98. The van der Waals surface area contributed by atoms with Crippen LogP contribution in [0.4, 0.5) is 4.39 Å². The summed E-state index contributed by atoms with van der Waals surface area (Å²) < 4.78 is 15.5. The quantitative estimate of drug-likeness (QED) is 0.860. The second-order valence-corrected chi connectivity index (χ2v) is 4.36. The zero-order chi connectivity index (χ0) is 11.9. The van der Waals surface area contributed by atoms with Crippen LogP contribution in [0.2, 0.25) is 5.02 Å². The van der Waals surface area contributed by atoms with Crippen molar-refractivity contribution in [2.45, 2.75) is 20.4 Å². The number of nitrogens with two attached hydrogens (primary N) is 1. The van der Waals surface area contributed by atoms with Crippen LogP contribution in [0.25, 0.3) is 10.9 Å². The van der Waals surface area contributed by atoms with Crippen LogP contribution >= 0.6 is 11.6 Å². The minimum absolute atomic E-state index is 0.183. The summed E-state index contributed by atoms with van der Waals surface area (Å²) in [5.41, 5.74) is 8.25. The number of hydrogen-bond donors (Lipinski definition) is 1. The molecule has 0 bridgehead atoms. The van der Waals surface area contributed by atoms with E-state index in [1.54, 1.807) is 0 Å². The van der Waals surface area contributed by atoms with E-state index < -0.39 is 0 Å². The molecule has 86 valence electrons. The van der Waals surface area contributed by atoms with Crippen molar-refractivity contribution in [1.29, 1.82) is 0 Å². The fraction of sp³-hybridized carbons (Fsp3) is 0.333. The Morgan fingerprint density at radius 3 is 2.69 bits per heavy atom. The first-order valence-corrected chi connectivity index (χ1v) is 5.58. The highest BCUT2D eigenvalue weighted by atomic mass is 35.5. The maximum Gasteiger partial charge on any atom is 0.144 e. The van der Waals surface area contributed by atoms with Gasteiger partial charge in [-0.3, -0.25) is 0 Å². The molecule has 2 aromatic rings. The number of aromatic nitrogens is 1. The summed E-state index contributed by atoms with van der Waals surface area (Å²) in [5.74, 6) is -0.372. The summed E-state index contributed by atoms with van der Waals surface area (Å²) in [6.45, 7) is 5.02. The van der Waals surface area contributed by atoms with Crippen LogP contribution in [0, 0.1) is 19.7 Å². The summed E-state index contributed by atoms with van der Waals surface area (Å²) in [4.78, 5) is 0. The Morgan fingerprint density at radius 2 is 2.06 bits per heavy atom. The molecule has 0 aliphatic carbocycles. The first-order chi connectivity index (χ1) is 7.56. The molecule has 1 heterocycles. The van der Waals surface area contributed by atoms with Gasteiger partial charge in [-0.15, -0.1) is 0 Å². The summed E-state index contributed by atoms with van der Waals surface area (Å²) in [7, 11) is 0. The summed E-state index contributed by atoms with van der Waals surface area (Å²) in [5, 5.41) is 1.18. The van der Waals surface area contributed by atoms with E-state index in [4.69, 9.17) is 17.3 Å². The van der Waals surface area contributed by atoms with Gasteiger partial charge in [0.15, 0.2) is 0 Å². The van der Waals surface area contributed by atoms with Crippen LogP contribution in [0.5, 0.6) is 0 Å². The van der Waals surface area contributed by atoms with Gasteiger partial charge < -0.3 is 10.3 Å². The van der Waals surface area contributed by atoms with Crippen molar-refractivity contribution < 1.29 is 4.39 Å². The number of nitrogens with zero attached hydrogens (tertiary/aromatic N) is 1. The van der Waals surface area contributed by atoms with Crippen molar-refractivity contribution in [3.63, 3.8) is 0 Å². The maximum absolute atomic E-state index is 13.6. The lowest BCUT2D eigenvalue weighted by molar-refractivity contribution is 0.626. The van der Waals surface area contributed by atoms with Crippen molar-refractivity contribution >= 4 is 22.5 Å². The molecule has 0 aliphatic heterocycles. The lowest BCUT2D eigenvalue weighted by atomic mass is 10.1. The zero-order valence-corrected chi connectivity index (χ0v) is 10.1. The monoisotopic (exact) mass is 240 g/mol. The molecule has 2 nitrogen and oxygen atoms in total. The predicted octanol–water partition coefficient (Wildman–Crippen LogP) is 3.01. The highest BCUT2D eigenvalue weighted by molar-refractivity contribution is 6.35. The van der Waals surface area contributed by atoms with Gasteiger partial charge in [0.05, 0.1) is 5.52 Å². The van der Waals surface area contributed by atoms with E-state index in [1.807, 2.05) is 24.5 Å². The Bertz CT molecular complexity index is 546. The van der Waals surface area contributed by atoms with Crippen molar-refractivity contribution in [2.75, 3.05) is 6.54 Å². The second kappa shape index (κ2) is 4.07. The third-order valence-electron chi connectivity index (χ3n) is 2.84. The smallest absolute Gasteiger partial charge is 0.144 e. The van der Waals surface area contributed by atoms with Gasteiger partial charge in [-0.05, 0) is 31.5 Å². The van der Waals surface area contributed by atoms with Crippen molar-refractivity contribution in [3.05, 3.63) is 34.2 Å². The van der Waals surface area contributed by atoms with Crippen LogP contribution in [-0.4, -0.2) is 11.1 Å². The van der Waals surface area contributed by atoms with E-state index in [9.17, 15) is 4.39 Å². The van der Waals surface area contributed by atoms with Gasteiger partial charge in [0.1, 0.15) is 10.8 Å². The third kappa shape index (κ3) is 1.60. The molecule has 0 saturated carbocycles. The zero-order valence-electron chi connectivity index (χ0n) is 9.35. The van der Waals surface area contributed by atoms with E-state index in [2.05, 4.69) is 0 Å². The number of rotatable bonds is 2. The molecule has 0 radical (unpaired) electrons. The summed E-state index contributed by atoms with van der Waals surface area (Å²) >= 11 is 6.02. The van der Waals surface area contributed by atoms with Gasteiger partial charge in [-0.1, -0.05) is 11.6 Å². The fourth-order valence-corrected chi connectivity index (χ4v) is 2.33. The Kier molecular flexibility index (Phi) is 2.91. The molecule has 1 aromatic carbocycles. The number of aryl methyl sites for hydroxylation is 2. The predicted molar refractivity (Wildman–Crippen MR) is 65.4 cm³/mol. The van der Waals surface area contributed by atoms with Crippen LogP contribution < -0.4 is 5.73 Å². The minimum atomic E-state index is -0.372. The molecule has 0 spiro atoms. The Labute approximate surface area is 98.8 Å². The van der Waals surface area contributed by atoms with E-state index in [-0.39, 0.29) is 10.8 Å². The largest absolute Gasteiger partial charge is 0.342 e. The van der Waals surface area contributed by atoms with Gasteiger partial charge in [0.2, 0.25) is 0 Å². The average molecular weight is 241 g/mol. The van der Waals surface area contributed by atoms with Crippen LogP contribution in [-0.2, 0) is 6.54 Å². The molecule has 0 amide bonds. The number of fused-ring (bicyclic) bond motifs is 1. The van der Waals surface area contributed by atoms with Crippen LogP contribution in [0.15, 0.2) is 12.1 Å². The molecule has 2 rings (SSSR count). The third-order valence-corrected chi connectivity index (χ3v) is 3.20. The molecule has 0 fully saturated rings. The first kappa shape index (κ1) is 11.4. The number of benzene rings is 1. The molecule has 0 atom stereocenters. The summed E-state index contributed by atoms with van der Waals surface area (Å²) in [6, 6.07) is 3.49. The van der Waals surface area contributed by atoms with Crippen LogP contribution in [0.1, 0.15) is 11.3 Å². The highest BCUT2D eigenvalue weighted by Crippen LogP contribution is 2.31. The van der Waals surface area contributed by atoms with Crippen molar-refractivity contribution in [2.24, 2.45) is 5.73 Å². The lowest BCUT2D eigenvalue weighted by Crippen LogP contribution is -2.11. The van der Waals surface area contributed by atoms with Gasteiger partial charge in [0.25, 0.3) is 0 Å². The standard InChI is InChI=1S/C12H14ClFN2/c1-7-5-10(14)11(13)12-9(7)6-8(2)16(12)4-3-15/h5-6H,3-4,15H2,1-2H3. The van der Waals surface area contributed by atoms with E-state index >= 15 is 0 Å². The number of halogens is 2. The first-order valence-electron chi connectivity index (χ1n) is 5.20. The topological polar surface area (TPSA) is 30.9 Å². The average Bonchev–Trinajstić information content (AvgIpc) is 2.55. The highest BCUT2D eigenvalue weighted by Gasteiger charge is 2.14. The summed E-state index contributed by atoms with van der Waals surface area (Å²) in [6.07, 6.45) is 0. The Balaban J connectivity index is 2.85. The molecule has 0 aliphatic rings. The van der Waals surface area contributed by atoms with Gasteiger partial charge in [-0.25, -0.2) is 4.39 Å². The Morgan fingerprint density at radius 1 is 1.38 bits per heavy atom. The van der Waals surface area contributed by atoms with E-state index in [1.165, 1.54) is 6.07 Å². The molecule has 4 heteroatoms. The molecular weight excluding hydrogens is 227 g/mol. The van der Waals surface area contributed by atoms with Gasteiger partial charge in [-0.2, -0.15) is 0 Å². The van der Waals surface area contributed by atoms with Crippen LogP contribution in [0.3, 0.4) is 0 Å². The fourth-order valence-electron chi connectivity index (χ4n) is 2.08. The molecule has 16 heavy (non-hydrogen) atoms. The van der Waals surface area contributed by atoms with E-state index in [0.717, 1.165) is 22.2 Å². The molecule has 0 saturated heterocycles. The minimum Gasteiger partial charge on any atom is -0.342 e. The lowest BCUT2D eigenvalue weighted by Gasteiger charge is -2.08. The molecule has 1 aromatic heterocycles. The number of hydrogen-bond acceptors (Lipinski definition) is 1. The normalized spacial score (nSPS) is 11.3. The van der Waals surface area contributed by atoms with Gasteiger partial charge in [0, 0.05) is 24.2 Å². The molecule has 2 N–H and O–H groups in total. The van der Waals surface area contributed by atoms with Crippen molar-refractivity contribution in [1.82, 2.24) is 4.57 Å². The molecular formula is C12H14ClFN2. The molecule has 0 unspecified atom stereocenters. The maximum atomic E-state index is 13.6. The van der Waals surface area contributed by atoms with Crippen molar-refractivity contribution in [3.8, 4) is 0 Å². The Hall–Kier alpha value is -1.06. The van der Waals surface area contributed by atoms with E-state index in [0.29, 0.717) is 13.1 Å². The van der Waals surface area contributed by atoms with Gasteiger partial charge >= 0.3 is 0 Å².